The Morgan fingerprint density at radius 2 is 1.70 bits per heavy atom. The maximum atomic E-state index is 12.2. The topological polar surface area (TPSA) is 46.9 Å². The molecule has 140 valence electrons. The number of nitrogens with one attached hydrogen (secondary N) is 1. The Bertz CT molecular complexity index is 910. The standard InChI is InChI=1S/C23H27N3O/c1-17-7-9-20(10-8-17)11-12-23(27)24-15-21-5-4-6-22(14-21)16-26-19(3)13-18(2)25-26/h4-10,13-14H,11-12,15-16H2,1-3H3,(H,24,27). The van der Waals surface area contributed by atoms with Gasteiger partial charge in [0.1, 0.15) is 0 Å². The van der Waals surface area contributed by atoms with Crippen molar-refractivity contribution in [2.45, 2.75) is 46.7 Å². The molecule has 4 heteroatoms. The summed E-state index contributed by atoms with van der Waals surface area (Å²) in [5.41, 5.74) is 6.92. The van der Waals surface area contributed by atoms with Gasteiger partial charge < -0.3 is 5.32 Å². The maximum Gasteiger partial charge on any atom is 0.220 e. The van der Waals surface area contributed by atoms with Crippen LogP contribution in [0.2, 0.25) is 0 Å². The minimum atomic E-state index is 0.0829. The second kappa shape index (κ2) is 8.67. The predicted octanol–water partition coefficient (Wildman–Crippen LogP) is 4.11. The largest absolute Gasteiger partial charge is 0.352 e. The normalized spacial score (nSPS) is 10.8. The van der Waals surface area contributed by atoms with E-state index < -0.39 is 0 Å². The van der Waals surface area contributed by atoms with E-state index in [4.69, 9.17) is 0 Å². The fraction of sp³-hybridized carbons (Fsp3) is 0.304. The zero-order valence-electron chi connectivity index (χ0n) is 16.3. The van der Waals surface area contributed by atoms with Crippen LogP contribution >= 0.6 is 0 Å². The molecule has 2 aromatic carbocycles. The Balaban J connectivity index is 1.51. The summed E-state index contributed by atoms with van der Waals surface area (Å²) < 4.78 is 2.01. The van der Waals surface area contributed by atoms with Crippen LogP contribution in [-0.4, -0.2) is 15.7 Å². The number of amides is 1. The average Bonchev–Trinajstić information content (AvgIpc) is 2.97. The molecule has 0 saturated heterocycles. The van der Waals surface area contributed by atoms with Gasteiger partial charge >= 0.3 is 0 Å². The van der Waals surface area contributed by atoms with Crippen molar-refractivity contribution in [1.29, 1.82) is 0 Å². The first-order valence-corrected chi connectivity index (χ1v) is 9.41. The molecule has 3 aromatic rings. The number of hydrogen-bond donors (Lipinski definition) is 1. The van der Waals surface area contributed by atoms with Gasteiger partial charge in [-0.1, -0.05) is 54.1 Å². The van der Waals surface area contributed by atoms with Gasteiger partial charge in [0.05, 0.1) is 12.2 Å². The molecule has 0 fully saturated rings. The van der Waals surface area contributed by atoms with Crippen molar-refractivity contribution in [3.05, 3.63) is 88.2 Å². The first-order valence-electron chi connectivity index (χ1n) is 9.41. The van der Waals surface area contributed by atoms with Gasteiger partial charge in [-0.25, -0.2) is 0 Å². The van der Waals surface area contributed by atoms with Crippen LogP contribution in [0.5, 0.6) is 0 Å². The molecule has 0 bridgehead atoms. The van der Waals surface area contributed by atoms with Crippen molar-refractivity contribution >= 4 is 5.91 Å². The lowest BCUT2D eigenvalue weighted by molar-refractivity contribution is -0.121. The van der Waals surface area contributed by atoms with Gasteiger partial charge in [-0.15, -0.1) is 0 Å². The molecule has 0 radical (unpaired) electrons. The Morgan fingerprint density at radius 3 is 2.41 bits per heavy atom. The highest BCUT2D eigenvalue weighted by Crippen LogP contribution is 2.10. The molecule has 27 heavy (non-hydrogen) atoms. The van der Waals surface area contributed by atoms with Crippen molar-refractivity contribution in [3.63, 3.8) is 0 Å². The van der Waals surface area contributed by atoms with Gasteiger partial charge in [0.15, 0.2) is 0 Å². The Kier molecular flexibility index (Phi) is 6.07. The van der Waals surface area contributed by atoms with Gasteiger partial charge in [0.2, 0.25) is 5.91 Å². The summed E-state index contributed by atoms with van der Waals surface area (Å²) in [6.45, 7) is 7.44. The van der Waals surface area contributed by atoms with Crippen molar-refractivity contribution in [1.82, 2.24) is 15.1 Å². The number of carbonyl (C=O) groups is 1. The molecular weight excluding hydrogens is 334 g/mol. The summed E-state index contributed by atoms with van der Waals surface area (Å²) >= 11 is 0. The van der Waals surface area contributed by atoms with E-state index in [0.29, 0.717) is 13.0 Å². The molecule has 4 nitrogen and oxygen atoms in total. The summed E-state index contributed by atoms with van der Waals surface area (Å²) in [6, 6.07) is 18.7. The van der Waals surface area contributed by atoms with Gasteiger partial charge in [-0.05, 0) is 49.9 Å². The predicted molar refractivity (Wildman–Crippen MR) is 109 cm³/mol. The Morgan fingerprint density at radius 1 is 0.963 bits per heavy atom. The van der Waals surface area contributed by atoms with Crippen molar-refractivity contribution in [3.8, 4) is 0 Å². The lowest BCUT2D eigenvalue weighted by Crippen LogP contribution is -2.23. The van der Waals surface area contributed by atoms with E-state index in [2.05, 4.69) is 66.7 Å². The average molecular weight is 361 g/mol. The van der Waals surface area contributed by atoms with Crippen molar-refractivity contribution < 1.29 is 4.79 Å². The number of rotatable bonds is 7. The third-order valence-electron chi connectivity index (χ3n) is 4.68. The quantitative estimate of drug-likeness (QED) is 0.688. The van der Waals surface area contributed by atoms with E-state index in [0.717, 1.165) is 29.9 Å². The van der Waals surface area contributed by atoms with Crippen LogP contribution in [0.3, 0.4) is 0 Å². The number of hydrogen-bond acceptors (Lipinski definition) is 2. The van der Waals surface area contributed by atoms with Crippen molar-refractivity contribution in [2.75, 3.05) is 0 Å². The van der Waals surface area contributed by atoms with Crippen LogP contribution in [0.1, 0.15) is 40.1 Å². The van der Waals surface area contributed by atoms with Crippen LogP contribution in [0.15, 0.2) is 54.6 Å². The van der Waals surface area contributed by atoms with Gasteiger partial charge in [-0.2, -0.15) is 5.10 Å². The van der Waals surface area contributed by atoms with Crippen LogP contribution < -0.4 is 5.32 Å². The summed E-state index contributed by atoms with van der Waals surface area (Å²) in [7, 11) is 0. The highest BCUT2D eigenvalue weighted by atomic mass is 16.1. The number of carbonyl (C=O) groups excluding carboxylic acids is 1. The van der Waals surface area contributed by atoms with Crippen molar-refractivity contribution in [2.24, 2.45) is 0 Å². The van der Waals surface area contributed by atoms with Crippen LogP contribution in [-0.2, 0) is 24.3 Å². The highest BCUT2D eigenvalue weighted by Gasteiger charge is 2.05. The summed E-state index contributed by atoms with van der Waals surface area (Å²) in [6.07, 6.45) is 1.28. The number of aromatic nitrogens is 2. The monoisotopic (exact) mass is 361 g/mol. The van der Waals surface area contributed by atoms with E-state index in [9.17, 15) is 4.79 Å². The minimum absolute atomic E-state index is 0.0829. The molecule has 0 aliphatic rings. The highest BCUT2D eigenvalue weighted by molar-refractivity contribution is 5.76. The second-order valence-electron chi connectivity index (χ2n) is 7.17. The third-order valence-corrected chi connectivity index (χ3v) is 4.68. The molecule has 0 aliphatic carbocycles. The lowest BCUT2D eigenvalue weighted by Gasteiger charge is -2.09. The zero-order valence-corrected chi connectivity index (χ0v) is 16.3. The number of aryl methyl sites for hydroxylation is 4. The Labute approximate surface area is 161 Å². The molecule has 3 rings (SSSR count). The SMILES string of the molecule is Cc1ccc(CCC(=O)NCc2cccc(Cn3nc(C)cc3C)c2)cc1. The third kappa shape index (κ3) is 5.55. The first-order chi connectivity index (χ1) is 13.0. The first kappa shape index (κ1) is 18.9. The van der Waals surface area contributed by atoms with Gasteiger partial charge in [-0.3, -0.25) is 9.48 Å². The molecule has 0 atom stereocenters. The second-order valence-corrected chi connectivity index (χ2v) is 7.17. The summed E-state index contributed by atoms with van der Waals surface area (Å²) in [4.78, 5) is 12.2. The lowest BCUT2D eigenvalue weighted by atomic mass is 10.1. The molecule has 1 heterocycles. The summed E-state index contributed by atoms with van der Waals surface area (Å²) in [5.74, 6) is 0.0829. The molecule has 1 aromatic heterocycles. The molecule has 0 spiro atoms. The van der Waals surface area contributed by atoms with E-state index in [-0.39, 0.29) is 5.91 Å². The fourth-order valence-corrected chi connectivity index (χ4v) is 3.15. The molecular formula is C23H27N3O. The van der Waals surface area contributed by atoms with E-state index in [1.807, 2.05) is 23.7 Å². The molecule has 1 amide bonds. The Hall–Kier alpha value is -2.88. The van der Waals surface area contributed by atoms with Crippen LogP contribution in [0, 0.1) is 20.8 Å². The molecule has 0 unspecified atom stereocenters. The maximum absolute atomic E-state index is 12.2. The molecule has 0 aliphatic heterocycles. The summed E-state index contributed by atoms with van der Waals surface area (Å²) in [5, 5.41) is 7.54. The fourth-order valence-electron chi connectivity index (χ4n) is 3.15. The molecule has 1 N–H and O–H groups in total. The van der Waals surface area contributed by atoms with Crippen LogP contribution in [0.4, 0.5) is 0 Å². The van der Waals surface area contributed by atoms with E-state index >= 15 is 0 Å². The minimum Gasteiger partial charge on any atom is -0.352 e. The van der Waals surface area contributed by atoms with Gasteiger partial charge in [0, 0.05) is 18.7 Å². The van der Waals surface area contributed by atoms with Gasteiger partial charge in [0.25, 0.3) is 0 Å². The number of benzene rings is 2. The molecule has 0 saturated carbocycles. The van der Waals surface area contributed by atoms with Crippen LogP contribution in [0.25, 0.3) is 0 Å². The number of nitrogens with zero attached hydrogens (tertiary/aromatic N) is 2. The van der Waals surface area contributed by atoms with E-state index in [1.54, 1.807) is 0 Å². The smallest absolute Gasteiger partial charge is 0.220 e. The van der Waals surface area contributed by atoms with E-state index in [1.165, 1.54) is 16.7 Å². The zero-order chi connectivity index (χ0) is 19.2.